The number of halogens is 1. The molecular weight excluding hydrogens is 270 g/mol. The number of hydrogen-bond acceptors (Lipinski definition) is 2. The van der Waals surface area contributed by atoms with Gasteiger partial charge in [-0.1, -0.05) is 22.9 Å². The second kappa shape index (κ2) is 5.48. The Hall–Kier alpha value is -0.840. The standard InChI is InChI=1S/C11H18BrN3O/c1-7(12)5-8(2)13-11(16)10-6-9(3)14-15(10)4/h6-8H,5H2,1-4H3,(H,13,16). The van der Waals surface area contributed by atoms with E-state index in [0.29, 0.717) is 10.5 Å². The summed E-state index contributed by atoms with van der Waals surface area (Å²) >= 11 is 3.47. The van der Waals surface area contributed by atoms with Gasteiger partial charge >= 0.3 is 0 Å². The van der Waals surface area contributed by atoms with Crippen LogP contribution in [0.4, 0.5) is 0 Å². The van der Waals surface area contributed by atoms with Crippen molar-refractivity contribution in [3.8, 4) is 0 Å². The highest BCUT2D eigenvalue weighted by molar-refractivity contribution is 9.09. The first-order valence-electron chi connectivity index (χ1n) is 5.35. The lowest BCUT2D eigenvalue weighted by Gasteiger charge is -2.14. The minimum absolute atomic E-state index is 0.0660. The molecule has 0 radical (unpaired) electrons. The summed E-state index contributed by atoms with van der Waals surface area (Å²) in [4.78, 5) is 12.3. The van der Waals surface area contributed by atoms with Gasteiger partial charge in [-0.2, -0.15) is 5.10 Å². The van der Waals surface area contributed by atoms with Crippen molar-refractivity contribution in [2.24, 2.45) is 7.05 Å². The molecule has 0 fully saturated rings. The average Bonchev–Trinajstić information content (AvgIpc) is 2.43. The number of nitrogens with zero attached hydrogens (tertiary/aromatic N) is 2. The van der Waals surface area contributed by atoms with Gasteiger partial charge < -0.3 is 5.32 Å². The maximum absolute atomic E-state index is 11.9. The van der Waals surface area contributed by atoms with Gasteiger partial charge in [-0.3, -0.25) is 9.48 Å². The van der Waals surface area contributed by atoms with Crippen LogP contribution >= 0.6 is 15.9 Å². The Morgan fingerprint density at radius 2 is 2.25 bits per heavy atom. The number of aromatic nitrogens is 2. The summed E-state index contributed by atoms with van der Waals surface area (Å²) in [6.07, 6.45) is 0.905. The number of amides is 1. The van der Waals surface area contributed by atoms with Gasteiger partial charge in [0.2, 0.25) is 0 Å². The van der Waals surface area contributed by atoms with Crippen LogP contribution in [0.15, 0.2) is 6.07 Å². The van der Waals surface area contributed by atoms with Crippen LogP contribution in [0, 0.1) is 6.92 Å². The first kappa shape index (κ1) is 13.2. The molecule has 90 valence electrons. The molecule has 0 saturated carbocycles. The van der Waals surface area contributed by atoms with Crippen molar-refractivity contribution in [2.45, 2.75) is 38.1 Å². The van der Waals surface area contributed by atoms with Gasteiger partial charge in [-0.25, -0.2) is 0 Å². The highest BCUT2D eigenvalue weighted by atomic mass is 79.9. The van der Waals surface area contributed by atoms with Crippen molar-refractivity contribution in [2.75, 3.05) is 0 Å². The number of aryl methyl sites for hydroxylation is 2. The molecule has 1 heterocycles. The first-order chi connectivity index (χ1) is 7.40. The quantitative estimate of drug-likeness (QED) is 0.862. The van der Waals surface area contributed by atoms with Crippen LogP contribution in [0.3, 0.4) is 0 Å². The second-order valence-corrected chi connectivity index (χ2v) is 5.75. The molecular formula is C11H18BrN3O. The molecule has 16 heavy (non-hydrogen) atoms. The summed E-state index contributed by atoms with van der Waals surface area (Å²) < 4.78 is 1.61. The van der Waals surface area contributed by atoms with Crippen molar-refractivity contribution in [3.63, 3.8) is 0 Å². The SMILES string of the molecule is Cc1cc(C(=O)NC(C)CC(C)Br)n(C)n1. The smallest absolute Gasteiger partial charge is 0.269 e. The van der Waals surface area contributed by atoms with E-state index in [1.165, 1.54) is 0 Å². The zero-order valence-corrected chi connectivity index (χ0v) is 11.7. The third-order valence-electron chi connectivity index (χ3n) is 2.29. The lowest BCUT2D eigenvalue weighted by atomic mass is 10.2. The molecule has 2 unspecified atom stereocenters. The number of nitrogens with one attached hydrogen (secondary N) is 1. The van der Waals surface area contributed by atoms with Gasteiger partial charge in [-0.05, 0) is 26.3 Å². The van der Waals surface area contributed by atoms with Gasteiger partial charge in [0.25, 0.3) is 5.91 Å². The van der Waals surface area contributed by atoms with Crippen LogP contribution in [-0.4, -0.2) is 26.6 Å². The van der Waals surface area contributed by atoms with Crippen molar-refractivity contribution in [3.05, 3.63) is 17.5 Å². The van der Waals surface area contributed by atoms with Crippen molar-refractivity contribution >= 4 is 21.8 Å². The van der Waals surface area contributed by atoms with Gasteiger partial charge in [-0.15, -0.1) is 0 Å². The molecule has 0 spiro atoms. The Bertz CT molecular complexity index is 373. The lowest BCUT2D eigenvalue weighted by Crippen LogP contribution is -2.34. The molecule has 0 bridgehead atoms. The molecule has 4 nitrogen and oxygen atoms in total. The van der Waals surface area contributed by atoms with E-state index in [4.69, 9.17) is 0 Å². The van der Waals surface area contributed by atoms with E-state index in [2.05, 4.69) is 33.3 Å². The summed E-state index contributed by atoms with van der Waals surface area (Å²) in [6.45, 7) is 5.94. The van der Waals surface area contributed by atoms with Crippen LogP contribution in [-0.2, 0) is 7.05 Å². The van der Waals surface area contributed by atoms with Crippen molar-refractivity contribution in [1.29, 1.82) is 0 Å². The number of carbonyl (C=O) groups excluding carboxylic acids is 1. The fourth-order valence-corrected chi connectivity index (χ4v) is 2.23. The normalized spacial score (nSPS) is 14.6. The fourth-order valence-electron chi connectivity index (χ4n) is 1.67. The summed E-state index contributed by atoms with van der Waals surface area (Å²) in [5.41, 5.74) is 1.46. The number of alkyl halides is 1. The topological polar surface area (TPSA) is 46.9 Å². The molecule has 0 aliphatic rings. The molecule has 0 aromatic carbocycles. The van der Waals surface area contributed by atoms with E-state index in [1.807, 2.05) is 13.8 Å². The van der Waals surface area contributed by atoms with Crippen LogP contribution in [0.2, 0.25) is 0 Å². The van der Waals surface area contributed by atoms with Crippen molar-refractivity contribution < 1.29 is 4.79 Å². The Balaban J connectivity index is 2.62. The maximum Gasteiger partial charge on any atom is 0.269 e. The fraction of sp³-hybridized carbons (Fsp3) is 0.636. The number of carbonyl (C=O) groups is 1. The third-order valence-corrected chi connectivity index (χ3v) is 2.66. The van der Waals surface area contributed by atoms with Crippen LogP contribution < -0.4 is 5.32 Å². The highest BCUT2D eigenvalue weighted by Gasteiger charge is 2.15. The van der Waals surface area contributed by atoms with E-state index in [1.54, 1.807) is 17.8 Å². The summed E-state index contributed by atoms with van der Waals surface area (Å²) in [5, 5.41) is 7.10. The minimum Gasteiger partial charge on any atom is -0.348 e. The summed E-state index contributed by atoms with van der Waals surface area (Å²) in [7, 11) is 1.78. The predicted molar refractivity (Wildman–Crippen MR) is 67.9 cm³/mol. The molecule has 2 atom stereocenters. The van der Waals surface area contributed by atoms with Crippen molar-refractivity contribution in [1.82, 2.24) is 15.1 Å². The predicted octanol–water partition coefficient (Wildman–Crippen LogP) is 2.02. The van der Waals surface area contributed by atoms with Crippen LogP contribution in [0.1, 0.15) is 36.5 Å². The molecule has 5 heteroatoms. The molecule has 1 rings (SSSR count). The van der Waals surface area contributed by atoms with E-state index >= 15 is 0 Å². The average molecular weight is 288 g/mol. The Labute approximate surface area is 105 Å². The van der Waals surface area contributed by atoms with E-state index in [0.717, 1.165) is 12.1 Å². The zero-order chi connectivity index (χ0) is 12.3. The molecule has 0 aliphatic heterocycles. The largest absolute Gasteiger partial charge is 0.348 e. The summed E-state index contributed by atoms with van der Waals surface area (Å²) in [6, 6.07) is 1.94. The minimum atomic E-state index is -0.0660. The number of rotatable bonds is 4. The molecule has 0 aliphatic carbocycles. The Morgan fingerprint density at radius 1 is 1.62 bits per heavy atom. The summed E-state index contributed by atoms with van der Waals surface area (Å²) in [5.74, 6) is -0.0660. The molecule has 0 saturated heterocycles. The van der Waals surface area contributed by atoms with Gasteiger partial charge in [0, 0.05) is 17.9 Å². The van der Waals surface area contributed by atoms with E-state index in [9.17, 15) is 4.79 Å². The molecule has 1 aromatic rings. The highest BCUT2D eigenvalue weighted by Crippen LogP contribution is 2.08. The van der Waals surface area contributed by atoms with Crippen LogP contribution in [0.25, 0.3) is 0 Å². The lowest BCUT2D eigenvalue weighted by molar-refractivity contribution is 0.0929. The van der Waals surface area contributed by atoms with E-state index in [-0.39, 0.29) is 11.9 Å². The Morgan fingerprint density at radius 3 is 2.69 bits per heavy atom. The van der Waals surface area contributed by atoms with Crippen LogP contribution in [0.5, 0.6) is 0 Å². The zero-order valence-electron chi connectivity index (χ0n) is 10.1. The Kier molecular flexibility index (Phi) is 4.53. The van der Waals surface area contributed by atoms with E-state index < -0.39 is 0 Å². The van der Waals surface area contributed by atoms with Gasteiger partial charge in [0.1, 0.15) is 5.69 Å². The molecule has 1 amide bonds. The monoisotopic (exact) mass is 287 g/mol. The second-order valence-electron chi connectivity index (χ2n) is 4.19. The number of hydrogen-bond donors (Lipinski definition) is 1. The maximum atomic E-state index is 11.9. The first-order valence-corrected chi connectivity index (χ1v) is 6.27. The van der Waals surface area contributed by atoms with Gasteiger partial charge in [0.15, 0.2) is 0 Å². The molecule has 1 N–H and O–H groups in total. The third kappa shape index (κ3) is 3.63. The van der Waals surface area contributed by atoms with Gasteiger partial charge in [0.05, 0.1) is 5.69 Å². The molecule has 1 aromatic heterocycles.